The maximum absolute atomic E-state index is 14.5. The first-order chi connectivity index (χ1) is 21.6. The number of anilines is 1. The van der Waals surface area contributed by atoms with Gasteiger partial charge in [0.2, 0.25) is 11.8 Å². The molecule has 0 unspecified atom stereocenters. The predicted molar refractivity (Wildman–Crippen MR) is 181 cm³/mol. The predicted octanol–water partition coefficient (Wildman–Crippen LogP) is 6.71. The van der Waals surface area contributed by atoms with Crippen LogP contribution in [0.4, 0.5) is 5.69 Å². The molecule has 0 aromatic heterocycles. The molecule has 4 rings (SSSR count). The van der Waals surface area contributed by atoms with Crippen LogP contribution in [0, 0.1) is 13.8 Å². The molecule has 45 heavy (non-hydrogen) atoms. The van der Waals surface area contributed by atoms with Gasteiger partial charge in [-0.25, -0.2) is 8.42 Å². The smallest absolute Gasteiger partial charge is 0.264 e. The van der Waals surface area contributed by atoms with Gasteiger partial charge in [-0.3, -0.25) is 13.9 Å². The molecule has 0 radical (unpaired) electrons. The summed E-state index contributed by atoms with van der Waals surface area (Å²) in [5.74, 6) is -0.836. The molecule has 4 aromatic carbocycles. The number of amides is 2. The number of carbonyl (C=O) groups excluding carboxylic acids is 2. The van der Waals surface area contributed by atoms with E-state index >= 15 is 0 Å². The van der Waals surface area contributed by atoms with Crippen LogP contribution in [0.3, 0.4) is 0 Å². The van der Waals surface area contributed by atoms with Gasteiger partial charge in [0.15, 0.2) is 0 Å². The summed E-state index contributed by atoms with van der Waals surface area (Å²) in [6.07, 6.45) is 1.93. The van der Waals surface area contributed by atoms with E-state index in [1.165, 1.54) is 4.90 Å². The number of sulfonamides is 1. The van der Waals surface area contributed by atoms with Gasteiger partial charge in [-0.1, -0.05) is 109 Å². The van der Waals surface area contributed by atoms with E-state index in [2.05, 4.69) is 5.32 Å². The fourth-order valence-electron chi connectivity index (χ4n) is 5.06. The van der Waals surface area contributed by atoms with E-state index in [0.717, 1.165) is 28.3 Å². The molecule has 0 aliphatic carbocycles. The highest BCUT2D eigenvalue weighted by atomic mass is 35.5. The van der Waals surface area contributed by atoms with Crippen LogP contribution in [0.5, 0.6) is 0 Å². The van der Waals surface area contributed by atoms with Crippen molar-refractivity contribution in [2.24, 2.45) is 0 Å². The lowest BCUT2D eigenvalue weighted by Gasteiger charge is -2.34. The van der Waals surface area contributed by atoms with Crippen molar-refractivity contribution in [3.8, 4) is 0 Å². The SMILES string of the molecule is CCCCNC(=O)[C@H](Cc1ccccc1)N(Cc1ccccc1Cl)C(=O)CN(c1ccccc1C)S(=O)(=O)c1ccc(C)cc1. The van der Waals surface area contributed by atoms with Crippen LogP contribution >= 0.6 is 11.6 Å². The van der Waals surface area contributed by atoms with E-state index in [1.54, 1.807) is 67.6 Å². The number of aryl methyl sites for hydroxylation is 2. The summed E-state index contributed by atoms with van der Waals surface area (Å²) in [5.41, 5.74) is 3.51. The second kappa shape index (κ2) is 15.7. The number of hydrogen-bond acceptors (Lipinski definition) is 4. The lowest BCUT2D eigenvalue weighted by molar-refractivity contribution is -0.140. The Hall–Kier alpha value is -4.14. The molecular weight excluding hydrogens is 606 g/mol. The Balaban J connectivity index is 1.80. The summed E-state index contributed by atoms with van der Waals surface area (Å²) in [6, 6.07) is 29.3. The van der Waals surface area contributed by atoms with E-state index in [-0.39, 0.29) is 23.8 Å². The summed E-state index contributed by atoms with van der Waals surface area (Å²) in [5, 5.41) is 3.44. The molecule has 1 atom stereocenters. The third-order valence-electron chi connectivity index (χ3n) is 7.67. The minimum absolute atomic E-state index is 0.0173. The topological polar surface area (TPSA) is 86.8 Å². The molecule has 0 aliphatic rings. The Morgan fingerprint density at radius 1 is 0.844 bits per heavy atom. The first kappa shape index (κ1) is 33.7. The van der Waals surface area contributed by atoms with Gasteiger partial charge < -0.3 is 10.2 Å². The zero-order valence-corrected chi connectivity index (χ0v) is 27.5. The Bertz CT molecular complexity index is 1700. The molecular formula is C36H40ClN3O4S. The summed E-state index contributed by atoms with van der Waals surface area (Å²) < 4.78 is 29.5. The van der Waals surface area contributed by atoms with E-state index in [0.29, 0.717) is 28.4 Å². The van der Waals surface area contributed by atoms with Crippen LogP contribution in [-0.2, 0) is 32.6 Å². The van der Waals surface area contributed by atoms with Crippen LogP contribution in [0.2, 0.25) is 5.02 Å². The second-order valence-electron chi connectivity index (χ2n) is 11.1. The molecule has 0 spiro atoms. The Labute approximate surface area is 271 Å². The van der Waals surface area contributed by atoms with E-state index in [9.17, 15) is 18.0 Å². The van der Waals surface area contributed by atoms with E-state index in [1.807, 2.05) is 56.3 Å². The van der Waals surface area contributed by atoms with Gasteiger partial charge in [0.1, 0.15) is 12.6 Å². The summed E-state index contributed by atoms with van der Waals surface area (Å²) in [6.45, 7) is 5.69. The molecule has 0 heterocycles. The van der Waals surface area contributed by atoms with Crippen molar-refractivity contribution in [1.29, 1.82) is 0 Å². The number of nitrogens with one attached hydrogen (secondary N) is 1. The minimum atomic E-state index is -4.17. The van der Waals surface area contributed by atoms with Gasteiger partial charge in [-0.05, 0) is 61.2 Å². The van der Waals surface area contributed by atoms with E-state index in [4.69, 9.17) is 11.6 Å². The van der Waals surface area contributed by atoms with Crippen molar-refractivity contribution in [3.63, 3.8) is 0 Å². The molecule has 0 aliphatic heterocycles. The van der Waals surface area contributed by atoms with Crippen LogP contribution in [0.1, 0.15) is 42.0 Å². The molecule has 0 saturated carbocycles. The zero-order chi connectivity index (χ0) is 32.4. The van der Waals surface area contributed by atoms with Gasteiger partial charge in [-0.2, -0.15) is 0 Å². The average molecular weight is 646 g/mol. The van der Waals surface area contributed by atoms with Crippen LogP contribution in [0.25, 0.3) is 0 Å². The Morgan fingerprint density at radius 3 is 2.16 bits per heavy atom. The highest BCUT2D eigenvalue weighted by Crippen LogP contribution is 2.28. The molecule has 7 nitrogen and oxygen atoms in total. The van der Waals surface area contributed by atoms with Gasteiger partial charge in [0, 0.05) is 24.5 Å². The van der Waals surface area contributed by atoms with Crippen molar-refractivity contribution in [2.45, 2.75) is 57.5 Å². The maximum atomic E-state index is 14.5. The fraction of sp³-hybridized carbons (Fsp3) is 0.278. The largest absolute Gasteiger partial charge is 0.354 e. The minimum Gasteiger partial charge on any atom is -0.354 e. The lowest BCUT2D eigenvalue weighted by Crippen LogP contribution is -2.53. The van der Waals surface area contributed by atoms with Gasteiger partial charge >= 0.3 is 0 Å². The quantitative estimate of drug-likeness (QED) is 0.155. The molecule has 0 saturated heterocycles. The summed E-state index contributed by atoms with van der Waals surface area (Å²) in [4.78, 5) is 29.9. The molecule has 236 valence electrons. The molecule has 1 N–H and O–H groups in total. The molecule has 0 bridgehead atoms. The van der Waals surface area contributed by atoms with E-state index < -0.39 is 28.5 Å². The highest BCUT2D eigenvalue weighted by molar-refractivity contribution is 7.92. The van der Waals surface area contributed by atoms with Crippen molar-refractivity contribution >= 4 is 39.1 Å². The Morgan fingerprint density at radius 2 is 1.49 bits per heavy atom. The van der Waals surface area contributed by atoms with Crippen LogP contribution < -0.4 is 9.62 Å². The van der Waals surface area contributed by atoms with Gasteiger partial charge in [0.25, 0.3) is 10.0 Å². The lowest BCUT2D eigenvalue weighted by atomic mass is 10.0. The standard InChI is InChI=1S/C36H40ClN3O4S/c1-4-5-23-38-36(42)34(24-29-14-7-6-8-15-29)39(25-30-16-10-11-17-32(30)37)35(41)26-40(33-18-12-9-13-28(33)3)45(43,44)31-21-19-27(2)20-22-31/h6-22,34H,4-5,23-26H2,1-3H3,(H,38,42)/t34-/m0/s1. The van der Waals surface area contributed by atoms with Gasteiger partial charge in [-0.15, -0.1) is 0 Å². The maximum Gasteiger partial charge on any atom is 0.264 e. The van der Waals surface area contributed by atoms with Crippen molar-refractivity contribution < 1.29 is 18.0 Å². The summed E-state index contributed by atoms with van der Waals surface area (Å²) >= 11 is 6.56. The number of unbranched alkanes of at least 4 members (excludes halogenated alkanes) is 1. The number of para-hydroxylation sites is 1. The highest BCUT2D eigenvalue weighted by Gasteiger charge is 2.35. The number of hydrogen-bond donors (Lipinski definition) is 1. The first-order valence-electron chi connectivity index (χ1n) is 15.1. The number of halogens is 1. The second-order valence-corrected chi connectivity index (χ2v) is 13.3. The van der Waals surface area contributed by atoms with Crippen molar-refractivity contribution in [1.82, 2.24) is 10.2 Å². The molecule has 0 fully saturated rings. The van der Waals surface area contributed by atoms with Gasteiger partial charge in [0.05, 0.1) is 10.6 Å². The normalized spacial score (nSPS) is 11.9. The monoisotopic (exact) mass is 645 g/mol. The van der Waals surface area contributed by atoms with Crippen molar-refractivity contribution in [3.05, 3.63) is 130 Å². The zero-order valence-electron chi connectivity index (χ0n) is 25.9. The molecule has 2 amide bonds. The summed E-state index contributed by atoms with van der Waals surface area (Å²) in [7, 11) is -4.17. The average Bonchev–Trinajstić information content (AvgIpc) is 3.03. The molecule has 9 heteroatoms. The molecule has 4 aromatic rings. The third-order valence-corrected chi connectivity index (χ3v) is 9.81. The number of nitrogens with zero attached hydrogens (tertiary/aromatic N) is 2. The van der Waals surface area contributed by atoms with Crippen LogP contribution in [-0.4, -0.2) is 44.3 Å². The Kier molecular flexibility index (Phi) is 11.8. The fourth-order valence-corrected chi connectivity index (χ4v) is 6.74. The number of carbonyl (C=O) groups is 2. The van der Waals surface area contributed by atoms with Crippen molar-refractivity contribution in [2.75, 3.05) is 17.4 Å². The number of rotatable bonds is 14. The van der Waals surface area contributed by atoms with Crippen LogP contribution in [0.15, 0.2) is 108 Å². The first-order valence-corrected chi connectivity index (χ1v) is 16.9. The third kappa shape index (κ3) is 8.74. The number of benzene rings is 4.